The van der Waals surface area contributed by atoms with E-state index in [1.54, 1.807) is 7.11 Å². The van der Waals surface area contributed by atoms with Crippen LogP contribution in [0, 0.1) is 5.41 Å². The molecule has 0 fully saturated rings. The van der Waals surface area contributed by atoms with Gasteiger partial charge in [0.15, 0.2) is 0 Å². The van der Waals surface area contributed by atoms with Crippen molar-refractivity contribution >= 4 is 11.8 Å². The highest BCUT2D eigenvalue weighted by molar-refractivity contribution is 5.83. The lowest BCUT2D eigenvalue weighted by Gasteiger charge is -2.25. The molecule has 0 rings (SSSR count). The first-order valence-corrected chi connectivity index (χ1v) is 6.08. The third-order valence-corrected chi connectivity index (χ3v) is 2.50. The van der Waals surface area contributed by atoms with Gasteiger partial charge in [-0.3, -0.25) is 9.59 Å². The van der Waals surface area contributed by atoms with Gasteiger partial charge in [-0.1, -0.05) is 20.8 Å². The molecule has 0 saturated heterocycles. The van der Waals surface area contributed by atoms with E-state index < -0.39 is 6.04 Å². The number of rotatable bonds is 7. The summed E-state index contributed by atoms with van der Waals surface area (Å²) in [5.41, 5.74) is 5.49. The number of nitrogens with two attached hydrogens (primary N) is 1. The maximum Gasteiger partial charge on any atom is 0.237 e. The molecule has 6 heteroatoms. The van der Waals surface area contributed by atoms with Crippen molar-refractivity contribution in [1.82, 2.24) is 10.6 Å². The molecule has 106 valence electrons. The van der Waals surface area contributed by atoms with Gasteiger partial charge in [-0.2, -0.15) is 0 Å². The van der Waals surface area contributed by atoms with E-state index in [1.165, 1.54) is 0 Å². The van der Waals surface area contributed by atoms with Gasteiger partial charge in [0, 0.05) is 26.6 Å². The van der Waals surface area contributed by atoms with E-state index in [2.05, 4.69) is 10.6 Å². The van der Waals surface area contributed by atoms with Gasteiger partial charge in [0.2, 0.25) is 11.8 Å². The molecule has 6 nitrogen and oxygen atoms in total. The van der Waals surface area contributed by atoms with Crippen molar-refractivity contribution in [3.05, 3.63) is 0 Å². The van der Waals surface area contributed by atoms with Gasteiger partial charge in [0.1, 0.15) is 0 Å². The Labute approximate surface area is 109 Å². The highest BCUT2D eigenvalue weighted by Crippen LogP contribution is 2.16. The van der Waals surface area contributed by atoms with Gasteiger partial charge in [-0.05, 0) is 5.41 Å². The van der Waals surface area contributed by atoms with Crippen molar-refractivity contribution in [2.24, 2.45) is 11.1 Å². The minimum atomic E-state index is -0.575. The largest absolute Gasteiger partial charge is 0.383 e. The molecule has 18 heavy (non-hydrogen) atoms. The zero-order valence-corrected chi connectivity index (χ0v) is 11.7. The van der Waals surface area contributed by atoms with Gasteiger partial charge in [-0.25, -0.2) is 0 Å². The molecule has 0 bridgehead atoms. The number of hydrogen-bond acceptors (Lipinski definition) is 4. The lowest BCUT2D eigenvalue weighted by Crippen LogP contribution is -2.49. The number of hydrogen-bond donors (Lipinski definition) is 3. The topological polar surface area (TPSA) is 93.5 Å². The second-order valence-corrected chi connectivity index (χ2v) is 5.23. The van der Waals surface area contributed by atoms with Crippen LogP contribution in [0.2, 0.25) is 0 Å². The quantitative estimate of drug-likeness (QED) is 0.544. The summed E-state index contributed by atoms with van der Waals surface area (Å²) < 4.78 is 4.80. The molecule has 1 atom stereocenters. The number of ether oxygens (including phenoxy) is 1. The van der Waals surface area contributed by atoms with Crippen LogP contribution in [-0.4, -0.2) is 44.7 Å². The van der Waals surface area contributed by atoms with Crippen molar-refractivity contribution in [2.45, 2.75) is 33.2 Å². The predicted octanol–water partition coefficient (Wildman–Crippen LogP) is -0.371. The molecule has 0 aromatic carbocycles. The normalized spacial score (nSPS) is 12.9. The molecule has 0 saturated carbocycles. The molecule has 1 unspecified atom stereocenters. The zero-order valence-electron chi connectivity index (χ0n) is 11.7. The smallest absolute Gasteiger partial charge is 0.237 e. The maximum atomic E-state index is 11.6. The Morgan fingerprint density at radius 2 is 1.83 bits per heavy atom. The van der Waals surface area contributed by atoms with E-state index in [1.807, 2.05) is 20.8 Å². The first-order chi connectivity index (χ1) is 8.29. The summed E-state index contributed by atoms with van der Waals surface area (Å²) in [6, 6.07) is -0.575. The Balaban J connectivity index is 3.78. The highest BCUT2D eigenvalue weighted by Gasteiger charge is 2.26. The average Bonchev–Trinajstić information content (AvgIpc) is 2.27. The van der Waals surface area contributed by atoms with E-state index in [4.69, 9.17) is 10.5 Å². The molecule has 0 aromatic rings. The Morgan fingerprint density at radius 3 is 2.33 bits per heavy atom. The van der Waals surface area contributed by atoms with E-state index in [0.29, 0.717) is 19.7 Å². The molecular formula is C12H25N3O3. The summed E-state index contributed by atoms with van der Waals surface area (Å²) in [7, 11) is 1.57. The van der Waals surface area contributed by atoms with Crippen molar-refractivity contribution in [3.8, 4) is 0 Å². The minimum Gasteiger partial charge on any atom is -0.383 e. The molecule has 0 aliphatic heterocycles. The van der Waals surface area contributed by atoms with Crippen LogP contribution in [0.4, 0.5) is 0 Å². The van der Waals surface area contributed by atoms with Crippen molar-refractivity contribution < 1.29 is 14.3 Å². The average molecular weight is 259 g/mol. The summed E-state index contributed by atoms with van der Waals surface area (Å²) in [6.07, 6.45) is 0.242. The summed E-state index contributed by atoms with van der Waals surface area (Å²) in [5.74, 6) is -0.344. The van der Waals surface area contributed by atoms with Crippen LogP contribution in [0.15, 0.2) is 0 Å². The van der Waals surface area contributed by atoms with Gasteiger partial charge < -0.3 is 21.1 Å². The fourth-order valence-corrected chi connectivity index (χ4v) is 1.18. The predicted molar refractivity (Wildman–Crippen MR) is 69.9 cm³/mol. The van der Waals surface area contributed by atoms with Crippen LogP contribution in [0.3, 0.4) is 0 Å². The molecule has 0 aromatic heterocycles. The van der Waals surface area contributed by atoms with E-state index in [9.17, 15) is 9.59 Å². The lowest BCUT2D eigenvalue weighted by atomic mass is 9.87. The zero-order chi connectivity index (χ0) is 14.2. The molecule has 4 N–H and O–H groups in total. The third kappa shape index (κ3) is 7.24. The molecule has 0 spiro atoms. The second kappa shape index (κ2) is 8.05. The number of amides is 2. The number of nitrogens with one attached hydrogen (secondary N) is 2. The molecule has 0 radical (unpaired) electrons. The van der Waals surface area contributed by atoms with Crippen LogP contribution in [0.1, 0.15) is 27.2 Å². The molecule has 0 aliphatic rings. The van der Waals surface area contributed by atoms with Crippen LogP contribution < -0.4 is 16.4 Å². The summed E-state index contributed by atoms with van der Waals surface area (Å²) >= 11 is 0. The Morgan fingerprint density at radius 1 is 1.22 bits per heavy atom. The second-order valence-electron chi connectivity index (χ2n) is 5.23. The number of carbonyl (C=O) groups excluding carboxylic acids is 2. The first-order valence-electron chi connectivity index (χ1n) is 6.08. The highest BCUT2D eigenvalue weighted by atomic mass is 16.5. The van der Waals surface area contributed by atoms with Gasteiger partial charge >= 0.3 is 0 Å². The molecule has 2 amide bonds. The summed E-state index contributed by atoms with van der Waals surface area (Å²) in [6.45, 7) is 6.94. The van der Waals surface area contributed by atoms with Crippen LogP contribution >= 0.6 is 0 Å². The van der Waals surface area contributed by atoms with E-state index in [0.717, 1.165) is 0 Å². The van der Waals surface area contributed by atoms with Gasteiger partial charge in [-0.15, -0.1) is 0 Å². The summed E-state index contributed by atoms with van der Waals surface area (Å²) in [4.78, 5) is 23.0. The van der Waals surface area contributed by atoms with Crippen LogP contribution in [-0.2, 0) is 14.3 Å². The Kier molecular flexibility index (Phi) is 7.54. The minimum absolute atomic E-state index is 0.114. The van der Waals surface area contributed by atoms with E-state index in [-0.39, 0.29) is 23.7 Å². The monoisotopic (exact) mass is 259 g/mol. The fourth-order valence-electron chi connectivity index (χ4n) is 1.18. The molecule has 0 heterocycles. The van der Waals surface area contributed by atoms with Crippen LogP contribution in [0.5, 0.6) is 0 Å². The van der Waals surface area contributed by atoms with Crippen molar-refractivity contribution in [1.29, 1.82) is 0 Å². The molecular weight excluding hydrogens is 234 g/mol. The Hall–Kier alpha value is -1.14. The first kappa shape index (κ1) is 16.9. The third-order valence-electron chi connectivity index (χ3n) is 2.50. The van der Waals surface area contributed by atoms with E-state index >= 15 is 0 Å². The molecule has 0 aliphatic carbocycles. The summed E-state index contributed by atoms with van der Waals surface area (Å²) in [5, 5.41) is 5.32. The fraction of sp³-hybridized carbons (Fsp3) is 0.833. The van der Waals surface area contributed by atoms with Crippen molar-refractivity contribution in [3.63, 3.8) is 0 Å². The number of carbonyl (C=O) groups is 2. The van der Waals surface area contributed by atoms with Crippen LogP contribution in [0.25, 0.3) is 0 Å². The SMILES string of the molecule is COCCNC(=O)CCNC(=O)C(N)C(C)(C)C. The Bertz CT molecular complexity index is 274. The van der Waals surface area contributed by atoms with Gasteiger partial charge in [0.25, 0.3) is 0 Å². The standard InChI is InChI=1S/C12H25N3O3/c1-12(2,3)10(13)11(17)15-6-5-9(16)14-7-8-18-4/h10H,5-8,13H2,1-4H3,(H,14,16)(H,15,17). The lowest BCUT2D eigenvalue weighted by molar-refractivity contribution is -0.124. The number of methoxy groups -OCH3 is 1. The van der Waals surface area contributed by atoms with Crippen molar-refractivity contribution in [2.75, 3.05) is 26.8 Å². The maximum absolute atomic E-state index is 11.6. The van der Waals surface area contributed by atoms with Gasteiger partial charge in [0.05, 0.1) is 12.6 Å².